The van der Waals surface area contributed by atoms with Crippen LogP contribution in [0.5, 0.6) is 5.75 Å². The van der Waals surface area contributed by atoms with Gasteiger partial charge in [-0.15, -0.1) is 0 Å². The Kier molecular flexibility index (Phi) is 4.71. The first-order valence-electron chi connectivity index (χ1n) is 9.76. The fourth-order valence-electron chi connectivity index (χ4n) is 4.19. The summed E-state index contributed by atoms with van der Waals surface area (Å²) in [7, 11) is 1.72. The molecule has 3 aliphatic rings. The number of Topliss-reactive ketones (excluding diaryl/α,β-unsaturated/α-hetero) is 1. The molecule has 0 atom stereocenters. The number of methoxy groups -OCH3 is 1. The summed E-state index contributed by atoms with van der Waals surface area (Å²) in [6, 6.07) is 4.28. The Balaban J connectivity index is 2.25. The van der Waals surface area contributed by atoms with Crippen molar-refractivity contribution in [1.29, 1.82) is 0 Å². The molecule has 3 fully saturated rings. The molecule has 3 heteroatoms. The zero-order valence-electron chi connectivity index (χ0n) is 17.4. The summed E-state index contributed by atoms with van der Waals surface area (Å²) in [5.41, 5.74) is 4.52. The van der Waals surface area contributed by atoms with Crippen molar-refractivity contribution in [3.8, 4) is 5.75 Å². The van der Waals surface area contributed by atoms with E-state index in [-0.39, 0.29) is 16.7 Å². The molecule has 1 aromatic rings. The number of piperidine rings is 3. The largest absolute Gasteiger partial charge is 0.497 e. The van der Waals surface area contributed by atoms with Gasteiger partial charge in [0.05, 0.1) is 12.8 Å². The molecule has 0 unspecified atom stereocenters. The lowest BCUT2D eigenvalue weighted by Crippen LogP contribution is -2.46. The van der Waals surface area contributed by atoms with Crippen LogP contribution in [0.15, 0.2) is 17.8 Å². The number of allylic oxidation sites excluding steroid dienone is 1. The van der Waals surface area contributed by atoms with E-state index in [1.54, 1.807) is 7.11 Å². The fourth-order valence-corrected chi connectivity index (χ4v) is 4.19. The van der Waals surface area contributed by atoms with Crippen LogP contribution in [0.1, 0.15) is 71.1 Å². The van der Waals surface area contributed by atoms with Crippen molar-refractivity contribution >= 4 is 11.9 Å². The SMILES string of the molecule is COc1cc(C(C)(C)C)c(/C=C2\C(=O)C3CCN2CC3)c(C(C)(C)C)c1. The van der Waals surface area contributed by atoms with Crippen LogP contribution >= 0.6 is 0 Å². The molecular weight excluding hydrogens is 322 g/mol. The molecule has 0 saturated carbocycles. The Morgan fingerprint density at radius 1 is 1.00 bits per heavy atom. The summed E-state index contributed by atoms with van der Waals surface area (Å²) >= 11 is 0. The van der Waals surface area contributed by atoms with Crippen LogP contribution in [-0.4, -0.2) is 30.9 Å². The van der Waals surface area contributed by atoms with E-state index in [1.165, 1.54) is 16.7 Å². The summed E-state index contributed by atoms with van der Waals surface area (Å²) in [5.74, 6) is 1.44. The number of fused-ring (bicyclic) bond motifs is 3. The van der Waals surface area contributed by atoms with E-state index in [0.29, 0.717) is 5.78 Å². The maximum Gasteiger partial charge on any atom is 0.182 e. The van der Waals surface area contributed by atoms with E-state index < -0.39 is 0 Å². The number of ketones is 1. The highest BCUT2D eigenvalue weighted by Crippen LogP contribution is 2.40. The molecule has 2 bridgehead atoms. The molecule has 0 N–H and O–H groups in total. The van der Waals surface area contributed by atoms with E-state index >= 15 is 0 Å². The predicted molar refractivity (Wildman–Crippen MR) is 108 cm³/mol. The number of carbonyl (C=O) groups excluding carboxylic acids is 1. The normalized spacial score (nSPS) is 20.2. The van der Waals surface area contributed by atoms with Crippen LogP contribution in [-0.2, 0) is 15.6 Å². The van der Waals surface area contributed by atoms with E-state index in [0.717, 1.165) is 37.4 Å². The third-order valence-electron chi connectivity index (χ3n) is 5.75. The number of hydrogen-bond donors (Lipinski definition) is 0. The summed E-state index contributed by atoms with van der Waals surface area (Å²) < 4.78 is 5.60. The van der Waals surface area contributed by atoms with Gasteiger partial charge in [0.25, 0.3) is 0 Å². The third kappa shape index (κ3) is 3.41. The molecule has 0 amide bonds. The number of ether oxygens (including phenoxy) is 1. The number of carbonyl (C=O) groups is 1. The van der Waals surface area contributed by atoms with Crippen LogP contribution in [0, 0.1) is 5.92 Å². The minimum absolute atomic E-state index is 0.0347. The maximum atomic E-state index is 12.9. The minimum Gasteiger partial charge on any atom is -0.497 e. The lowest BCUT2D eigenvalue weighted by Gasteiger charge is -2.41. The van der Waals surface area contributed by atoms with Crippen LogP contribution in [0.25, 0.3) is 6.08 Å². The Labute approximate surface area is 158 Å². The lowest BCUT2D eigenvalue weighted by molar-refractivity contribution is -0.125. The first kappa shape index (κ1) is 19.0. The Hall–Kier alpha value is -1.77. The third-order valence-corrected chi connectivity index (χ3v) is 5.75. The second-order valence-corrected chi connectivity index (χ2v) is 9.79. The molecule has 0 spiro atoms. The summed E-state index contributed by atoms with van der Waals surface area (Å²) in [6.07, 6.45) is 4.20. The lowest BCUT2D eigenvalue weighted by atomic mass is 9.75. The van der Waals surface area contributed by atoms with Gasteiger partial charge in [0, 0.05) is 19.0 Å². The Morgan fingerprint density at radius 3 is 1.88 bits per heavy atom. The van der Waals surface area contributed by atoms with Gasteiger partial charge in [-0.05, 0) is 58.6 Å². The van der Waals surface area contributed by atoms with Gasteiger partial charge in [-0.25, -0.2) is 0 Å². The summed E-state index contributed by atoms with van der Waals surface area (Å²) in [6.45, 7) is 15.4. The first-order valence-corrected chi connectivity index (χ1v) is 9.76. The monoisotopic (exact) mass is 355 g/mol. The van der Waals surface area contributed by atoms with Crippen LogP contribution in [0.3, 0.4) is 0 Å². The van der Waals surface area contributed by atoms with Crippen LogP contribution in [0.2, 0.25) is 0 Å². The predicted octanol–water partition coefficient (Wildman–Crippen LogP) is 4.93. The van der Waals surface area contributed by atoms with Gasteiger partial charge in [-0.2, -0.15) is 0 Å². The van der Waals surface area contributed by atoms with Crippen molar-refractivity contribution < 1.29 is 9.53 Å². The number of nitrogens with zero attached hydrogens (tertiary/aromatic N) is 1. The van der Waals surface area contributed by atoms with Gasteiger partial charge < -0.3 is 9.64 Å². The van der Waals surface area contributed by atoms with Crippen molar-refractivity contribution in [2.75, 3.05) is 20.2 Å². The van der Waals surface area contributed by atoms with Gasteiger partial charge in [0.15, 0.2) is 5.78 Å². The molecule has 3 heterocycles. The molecular formula is C23H33NO2. The second-order valence-electron chi connectivity index (χ2n) is 9.79. The standard InChI is InChI=1S/C23H33NO2/c1-22(2,3)18-12-16(26-7)13-19(23(4,5)6)17(18)14-20-21(25)15-8-10-24(20)11-9-15/h12-15H,8-11H2,1-7H3/b20-14+. The van der Waals surface area contributed by atoms with Gasteiger partial charge in [-0.3, -0.25) is 4.79 Å². The van der Waals surface area contributed by atoms with Crippen molar-refractivity contribution in [3.05, 3.63) is 34.5 Å². The van der Waals surface area contributed by atoms with Crippen molar-refractivity contribution in [1.82, 2.24) is 4.90 Å². The molecule has 3 saturated heterocycles. The smallest absolute Gasteiger partial charge is 0.182 e. The van der Waals surface area contributed by atoms with Crippen molar-refractivity contribution in [2.24, 2.45) is 5.92 Å². The van der Waals surface area contributed by atoms with E-state index in [9.17, 15) is 4.79 Å². The zero-order valence-corrected chi connectivity index (χ0v) is 17.4. The fraction of sp³-hybridized carbons (Fsp3) is 0.609. The summed E-state index contributed by atoms with van der Waals surface area (Å²) in [5, 5.41) is 0. The molecule has 0 aromatic heterocycles. The van der Waals surface area contributed by atoms with E-state index in [2.05, 4.69) is 64.7 Å². The van der Waals surface area contributed by atoms with Gasteiger partial charge >= 0.3 is 0 Å². The quantitative estimate of drug-likeness (QED) is 0.705. The van der Waals surface area contributed by atoms with Gasteiger partial charge in [0.1, 0.15) is 5.75 Å². The molecule has 0 aliphatic carbocycles. The molecule has 4 rings (SSSR count). The second kappa shape index (κ2) is 6.44. The highest BCUT2D eigenvalue weighted by molar-refractivity contribution is 6.02. The molecule has 3 aliphatic heterocycles. The highest BCUT2D eigenvalue weighted by atomic mass is 16.5. The van der Waals surface area contributed by atoms with Crippen LogP contribution < -0.4 is 4.74 Å². The average molecular weight is 356 g/mol. The molecule has 142 valence electrons. The average Bonchev–Trinajstić information content (AvgIpc) is 2.56. The number of hydrogen-bond acceptors (Lipinski definition) is 3. The van der Waals surface area contributed by atoms with E-state index in [1.807, 2.05) is 0 Å². The maximum absolute atomic E-state index is 12.9. The molecule has 26 heavy (non-hydrogen) atoms. The van der Waals surface area contributed by atoms with Crippen molar-refractivity contribution in [3.63, 3.8) is 0 Å². The number of benzene rings is 1. The van der Waals surface area contributed by atoms with Gasteiger partial charge in [0.2, 0.25) is 0 Å². The molecule has 1 aromatic carbocycles. The molecule has 3 nitrogen and oxygen atoms in total. The first-order chi connectivity index (χ1) is 12.0. The molecule has 0 radical (unpaired) electrons. The van der Waals surface area contributed by atoms with E-state index in [4.69, 9.17) is 4.74 Å². The highest BCUT2D eigenvalue weighted by Gasteiger charge is 2.37. The van der Waals surface area contributed by atoms with Crippen molar-refractivity contribution in [2.45, 2.75) is 65.2 Å². The minimum atomic E-state index is -0.0347. The van der Waals surface area contributed by atoms with Gasteiger partial charge in [-0.1, -0.05) is 41.5 Å². The van der Waals surface area contributed by atoms with Crippen LogP contribution in [0.4, 0.5) is 0 Å². The number of rotatable bonds is 2. The zero-order chi connectivity index (χ0) is 19.3. The summed E-state index contributed by atoms with van der Waals surface area (Å²) in [4.78, 5) is 15.2. The topological polar surface area (TPSA) is 29.5 Å². The Bertz CT molecular complexity index is 703. The Morgan fingerprint density at radius 2 is 1.50 bits per heavy atom.